The molecule has 0 aromatic heterocycles. The van der Waals surface area contributed by atoms with Crippen molar-refractivity contribution < 1.29 is 23.1 Å². The molecule has 1 aliphatic carbocycles. The summed E-state index contributed by atoms with van der Waals surface area (Å²) in [5, 5.41) is 11.7. The van der Waals surface area contributed by atoms with E-state index in [9.17, 15) is 18.0 Å². The highest BCUT2D eigenvalue weighted by Gasteiger charge is 2.38. The fraction of sp³-hybridized carbons (Fsp3) is 0.833. The minimum absolute atomic E-state index is 0.0290. The van der Waals surface area contributed by atoms with Crippen molar-refractivity contribution >= 4 is 21.7 Å². The molecule has 0 aromatic rings. The van der Waals surface area contributed by atoms with Gasteiger partial charge >= 0.3 is 5.97 Å². The van der Waals surface area contributed by atoms with E-state index in [1.807, 2.05) is 0 Å². The van der Waals surface area contributed by atoms with E-state index in [4.69, 9.17) is 5.11 Å². The Kier molecular flexibility index (Phi) is 4.13. The van der Waals surface area contributed by atoms with Crippen molar-refractivity contribution in [1.29, 1.82) is 0 Å². The lowest BCUT2D eigenvalue weighted by Gasteiger charge is -2.17. The van der Waals surface area contributed by atoms with Gasteiger partial charge in [-0.3, -0.25) is 9.59 Å². The molecule has 19 heavy (non-hydrogen) atoms. The quantitative estimate of drug-likeness (QED) is 0.761. The third-order valence-electron chi connectivity index (χ3n) is 4.06. The average molecular weight is 289 g/mol. The van der Waals surface area contributed by atoms with Gasteiger partial charge in [0, 0.05) is 6.54 Å². The maximum Gasteiger partial charge on any atom is 0.307 e. The second kappa shape index (κ2) is 5.48. The molecule has 0 spiro atoms. The van der Waals surface area contributed by atoms with Crippen molar-refractivity contribution in [2.75, 3.05) is 18.1 Å². The Morgan fingerprint density at radius 2 is 1.84 bits per heavy atom. The molecule has 1 amide bonds. The Balaban J connectivity index is 1.83. The molecule has 1 saturated carbocycles. The standard InChI is InChI=1S/C12H19NO5S/c14-11(9-2-1-3-10(9)12(15)16)13-6-8-4-5-19(17,18)7-8/h8-10H,1-7H2,(H,13,14)(H,15,16). The van der Waals surface area contributed by atoms with Crippen LogP contribution in [0.1, 0.15) is 25.7 Å². The number of hydrogen-bond donors (Lipinski definition) is 2. The number of carboxylic acid groups (broad SMARTS) is 1. The Morgan fingerprint density at radius 1 is 1.16 bits per heavy atom. The van der Waals surface area contributed by atoms with E-state index in [0.717, 1.165) is 6.42 Å². The van der Waals surface area contributed by atoms with Crippen LogP contribution in [0.3, 0.4) is 0 Å². The number of carboxylic acids is 1. The first-order chi connectivity index (χ1) is 8.89. The molecule has 1 aliphatic heterocycles. The van der Waals surface area contributed by atoms with Gasteiger partial charge in [-0.2, -0.15) is 0 Å². The van der Waals surface area contributed by atoms with Gasteiger partial charge in [-0.05, 0) is 25.2 Å². The lowest BCUT2D eigenvalue weighted by molar-refractivity contribution is -0.146. The van der Waals surface area contributed by atoms with Crippen molar-refractivity contribution in [1.82, 2.24) is 5.32 Å². The normalized spacial score (nSPS) is 33.2. The van der Waals surface area contributed by atoms with Crippen molar-refractivity contribution in [3.63, 3.8) is 0 Å². The maximum atomic E-state index is 12.0. The van der Waals surface area contributed by atoms with Crippen molar-refractivity contribution in [3.05, 3.63) is 0 Å². The summed E-state index contributed by atoms with van der Waals surface area (Å²) in [4.78, 5) is 23.0. The van der Waals surface area contributed by atoms with Gasteiger partial charge in [0.1, 0.15) is 0 Å². The number of carbonyl (C=O) groups excluding carboxylic acids is 1. The van der Waals surface area contributed by atoms with Gasteiger partial charge in [-0.25, -0.2) is 8.42 Å². The molecule has 3 unspecified atom stereocenters. The number of rotatable bonds is 4. The fourth-order valence-electron chi connectivity index (χ4n) is 2.98. The molecule has 6 nitrogen and oxygen atoms in total. The van der Waals surface area contributed by atoms with Gasteiger partial charge in [-0.15, -0.1) is 0 Å². The molecular formula is C12H19NO5S. The number of nitrogens with one attached hydrogen (secondary N) is 1. The van der Waals surface area contributed by atoms with Crippen LogP contribution in [0.25, 0.3) is 0 Å². The molecule has 0 bridgehead atoms. The van der Waals surface area contributed by atoms with Gasteiger partial charge in [0.2, 0.25) is 5.91 Å². The first-order valence-corrected chi connectivity index (χ1v) is 8.42. The lowest BCUT2D eigenvalue weighted by Crippen LogP contribution is -2.38. The molecule has 0 aromatic carbocycles. The summed E-state index contributed by atoms with van der Waals surface area (Å²) in [5.74, 6) is -1.92. The van der Waals surface area contributed by atoms with Crippen LogP contribution in [0.4, 0.5) is 0 Å². The number of amides is 1. The molecular weight excluding hydrogens is 270 g/mol. The van der Waals surface area contributed by atoms with E-state index in [1.54, 1.807) is 0 Å². The number of sulfone groups is 1. The summed E-state index contributed by atoms with van der Waals surface area (Å²) in [7, 11) is -2.93. The molecule has 1 saturated heterocycles. The van der Waals surface area contributed by atoms with E-state index < -0.39 is 27.6 Å². The van der Waals surface area contributed by atoms with Crippen LogP contribution < -0.4 is 5.32 Å². The van der Waals surface area contributed by atoms with E-state index in [-0.39, 0.29) is 23.3 Å². The number of hydrogen-bond acceptors (Lipinski definition) is 4. The van der Waals surface area contributed by atoms with E-state index in [2.05, 4.69) is 5.32 Å². The van der Waals surface area contributed by atoms with Crippen LogP contribution >= 0.6 is 0 Å². The zero-order chi connectivity index (χ0) is 14.0. The van der Waals surface area contributed by atoms with Crippen LogP contribution in [0.2, 0.25) is 0 Å². The third kappa shape index (κ3) is 3.46. The van der Waals surface area contributed by atoms with Crippen molar-refractivity contribution in [3.8, 4) is 0 Å². The second-order valence-corrected chi connectivity index (χ2v) is 7.73. The minimum Gasteiger partial charge on any atom is -0.481 e. The van der Waals surface area contributed by atoms with E-state index >= 15 is 0 Å². The molecule has 2 N–H and O–H groups in total. The Morgan fingerprint density at radius 3 is 2.42 bits per heavy atom. The summed E-state index contributed by atoms with van der Waals surface area (Å²) in [5.41, 5.74) is 0. The highest BCUT2D eigenvalue weighted by atomic mass is 32.2. The predicted octanol–water partition coefficient (Wildman–Crippen LogP) is 0.0382. The molecule has 108 valence electrons. The van der Waals surface area contributed by atoms with E-state index in [1.165, 1.54) is 0 Å². The van der Waals surface area contributed by atoms with Crippen molar-refractivity contribution in [2.24, 2.45) is 17.8 Å². The maximum absolute atomic E-state index is 12.0. The van der Waals surface area contributed by atoms with Crippen LogP contribution in [0.15, 0.2) is 0 Å². The topological polar surface area (TPSA) is 101 Å². The molecule has 2 aliphatic rings. The Hall–Kier alpha value is -1.11. The molecule has 2 rings (SSSR count). The van der Waals surface area contributed by atoms with Crippen LogP contribution in [0, 0.1) is 17.8 Å². The summed E-state index contributed by atoms with van der Waals surface area (Å²) in [6.07, 6.45) is 2.49. The van der Waals surface area contributed by atoms with Crippen LogP contribution in [-0.4, -0.2) is 43.5 Å². The smallest absolute Gasteiger partial charge is 0.307 e. The number of aliphatic carboxylic acids is 1. The minimum atomic E-state index is -2.93. The lowest BCUT2D eigenvalue weighted by atomic mass is 9.95. The SMILES string of the molecule is O=C(O)C1CCCC1C(=O)NCC1CCS(=O)(=O)C1. The average Bonchev–Trinajstić information content (AvgIpc) is 2.92. The van der Waals surface area contributed by atoms with Crippen LogP contribution in [0.5, 0.6) is 0 Å². The molecule has 0 radical (unpaired) electrons. The van der Waals surface area contributed by atoms with Gasteiger partial charge in [0.05, 0.1) is 23.3 Å². The zero-order valence-electron chi connectivity index (χ0n) is 10.7. The first kappa shape index (κ1) is 14.3. The summed E-state index contributed by atoms with van der Waals surface area (Å²) >= 11 is 0. The fourth-order valence-corrected chi connectivity index (χ4v) is 4.84. The summed E-state index contributed by atoms with van der Waals surface area (Å²) < 4.78 is 22.6. The molecule has 2 fully saturated rings. The van der Waals surface area contributed by atoms with Gasteiger partial charge < -0.3 is 10.4 Å². The second-order valence-electron chi connectivity index (χ2n) is 5.50. The third-order valence-corrected chi connectivity index (χ3v) is 5.90. The molecule has 7 heteroatoms. The molecule has 1 heterocycles. The van der Waals surface area contributed by atoms with E-state index in [0.29, 0.717) is 25.8 Å². The molecule has 3 atom stereocenters. The van der Waals surface area contributed by atoms with Gasteiger partial charge in [-0.1, -0.05) is 6.42 Å². The zero-order valence-corrected chi connectivity index (χ0v) is 11.5. The monoisotopic (exact) mass is 289 g/mol. The Bertz CT molecular complexity index is 473. The largest absolute Gasteiger partial charge is 0.481 e. The summed E-state index contributed by atoms with van der Waals surface area (Å²) in [6.45, 7) is 0.334. The number of carbonyl (C=O) groups is 2. The highest BCUT2D eigenvalue weighted by molar-refractivity contribution is 7.91. The van der Waals surface area contributed by atoms with Crippen molar-refractivity contribution in [2.45, 2.75) is 25.7 Å². The van der Waals surface area contributed by atoms with Gasteiger partial charge in [0.25, 0.3) is 0 Å². The van der Waals surface area contributed by atoms with Crippen LogP contribution in [-0.2, 0) is 19.4 Å². The van der Waals surface area contributed by atoms with Gasteiger partial charge in [0.15, 0.2) is 9.84 Å². The predicted molar refractivity (Wildman–Crippen MR) is 68.2 cm³/mol. The first-order valence-electron chi connectivity index (χ1n) is 6.60. The Labute approximate surface area is 112 Å². The summed E-state index contributed by atoms with van der Waals surface area (Å²) in [6, 6.07) is 0. The highest BCUT2D eigenvalue weighted by Crippen LogP contribution is 2.32.